The van der Waals surface area contributed by atoms with Crippen LogP contribution in [-0.2, 0) is 31.6 Å². The van der Waals surface area contributed by atoms with Crippen molar-refractivity contribution in [1.82, 2.24) is 15.0 Å². The lowest BCUT2D eigenvalue weighted by Crippen LogP contribution is -2.33. The Hall–Kier alpha value is -1.14. The van der Waals surface area contributed by atoms with E-state index in [1.807, 2.05) is 0 Å². The fourth-order valence-corrected chi connectivity index (χ4v) is 6.12. The van der Waals surface area contributed by atoms with E-state index in [4.69, 9.17) is 31.6 Å². The molecular formula is C12H14F2N3O13P3S. The molecule has 2 aromatic heterocycles. The van der Waals surface area contributed by atoms with Crippen molar-refractivity contribution in [2.24, 2.45) is 0 Å². The first kappa shape index (κ1) is 27.4. The molecule has 0 aromatic carbocycles. The van der Waals surface area contributed by atoms with E-state index in [-0.39, 0.29) is 21.4 Å². The summed E-state index contributed by atoms with van der Waals surface area (Å²) in [6, 6.07) is 1.09. The quantitative estimate of drug-likeness (QED) is 0.168. The third-order valence-electron chi connectivity index (χ3n) is 4.11. The molecule has 1 aliphatic rings. The van der Waals surface area contributed by atoms with E-state index >= 15 is 0 Å². The fourth-order valence-electron chi connectivity index (χ4n) is 2.82. The molecule has 0 aliphatic carbocycles. The summed E-state index contributed by atoms with van der Waals surface area (Å²) in [6.07, 6.45) is -6.54. The van der Waals surface area contributed by atoms with Crippen molar-refractivity contribution < 1.29 is 70.1 Å². The summed E-state index contributed by atoms with van der Waals surface area (Å²) in [7, 11) is -16.9. The summed E-state index contributed by atoms with van der Waals surface area (Å²) in [5, 5.41) is 20.5. The molecular weight excluding hydrogens is 557 g/mol. The van der Waals surface area contributed by atoms with Crippen LogP contribution in [0.5, 0.6) is 0 Å². The van der Waals surface area contributed by atoms with Crippen LogP contribution >= 0.6 is 35.7 Å². The summed E-state index contributed by atoms with van der Waals surface area (Å²) in [4.78, 5) is 44.7. The van der Waals surface area contributed by atoms with Gasteiger partial charge in [0.15, 0.2) is 5.65 Å². The number of aromatic amines is 1. The first-order valence-corrected chi connectivity index (χ1v) is 13.5. The van der Waals surface area contributed by atoms with Crippen molar-refractivity contribution >= 4 is 46.8 Å². The second kappa shape index (κ2) is 9.72. The van der Waals surface area contributed by atoms with Crippen LogP contribution in [0.3, 0.4) is 0 Å². The highest BCUT2D eigenvalue weighted by Crippen LogP contribution is 2.66. The molecule has 34 heavy (non-hydrogen) atoms. The second-order valence-electron chi connectivity index (χ2n) is 6.56. The third-order valence-corrected chi connectivity index (χ3v) is 8.25. The van der Waals surface area contributed by atoms with E-state index in [9.17, 15) is 37.6 Å². The molecule has 3 unspecified atom stereocenters. The Bertz CT molecular complexity index is 1310. The average Bonchev–Trinajstić information content (AvgIpc) is 2.93. The predicted octanol–water partition coefficient (Wildman–Crippen LogP) is 0.471. The zero-order chi connectivity index (χ0) is 25.6. The Labute approximate surface area is 191 Å². The predicted molar refractivity (Wildman–Crippen MR) is 104 cm³/mol. The Morgan fingerprint density at radius 2 is 1.65 bits per heavy atom. The number of nitrogens with zero attached hydrogens (tertiary/aromatic N) is 2. The van der Waals surface area contributed by atoms with E-state index in [2.05, 4.69) is 28.1 Å². The van der Waals surface area contributed by atoms with Crippen molar-refractivity contribution in [2.45, 2.75) is 24.4 Å². The Morgan fingerprint density at radius 3 is 2.26 bits per heavy atom. The van der Waals surface area contributed by atoms with E-state index in [1.54, 1.807) is 0 Å². The molecule has 0 radical (unpaired) electrons. The normalized spacial score (nSPS) is 26.9. The van der Waals surface area contributed by atoms with Gasteiger partial charge in [-0.2, -0.15) is 22.4 Å². The van der Waals surface area contributed by atoms with E-state index in [1.165, 1.54) is 0 Å². The van der Waals surface area contributed by atoms with Crippen LogP contribution in [0.15, 0.2) is 6.07 Å². The Kier molecular flexibility index (Phi) is 7.85. The van der Waals surface area contributed by atoms with Gasteiger partial charge in [0.1, 0.15) is 34.6 Å². The number of phosphoric acid groups is 3. The van der Waals surface area contributed by atoms with E-state index < -0.39 is 66.4 Å². The first-order chi connectivity index (χ1) is 15.5. The van der Waals surface area contributed by atoms with Gasteiger partial charge in [0.2, 0.25) is 0 Å². The highest BCUT2D eigenvalue weighted by Gasteiger charge is 2.46. The summed E-state index contributed by atoms with van der Waals surface area (Å²) in [5.74, 6) is -3.02. The smallest absolute Gasteiger partial charge is 0.387 e. The van der Waals surface area contributed by atoms with E-state index in [0.717, 1.165) is 6.07 Å². The molecule has 6 atom stereocenters. The SMILES string of the molecule is O=P(O)(O)OP(=O)(O)OP(=O)(O)OC[C@H]1O[C@@H](c2cc3nc(F)c(F)nc3[nH]c2=S)[C@@H](O)C1O. The molecule has 1 saturated heterocycles. The Morgan fingerprint density at radius 1 is 1.03 bits per heavy atom. The van der Waals surface area contributed by atoms with Gasteiger partial charge in [-0.15, -0.1) is 0 Å². The summed E-state index contributed by atoms with van der Waals surface area (Å²) in [5.41, 5.74) is -0.510. The number of H-pyrrole nitrogens is 1. The van der Waals surface area contributed by atoms with Gasteiger partial charge < -0.3 is 39.5 Å². The molecule has 16 nitrogen and oxygen atoms in total. The number of fused-ring (bicyclic) bond motifs is 1. The minimum Gasteiger partial charge on any atom is -0.387 e. The fraction of sp³-hybridized carbons (Fsp3) is 0.417. The molecule has 22 heteroatoms. The zero-order valence-electron chi connectivity index (χ0n) is 16.0. The number of halogens is 2. The van der Waals surface area contributed by atoms with Crippen LogP contribution in [0.4, 0.5) is 8.78 Å². The maximum atomic E-state index is 13.4. The zero-order valence-corrected chi connectivity index (χ0v) is 19.5. The average molecular weight is 571 g/mol. The van der Waals surface area contributed by atoms with Crippen LogP contribution in [0.25, 0.3) is 11.2 Å². The molecule has 2 aromatic rings. The molecule has 0 bridgehead atoms. The summed E-state index contributed by atoms with van der Waals surface area (Å²) in [6.45, 7) is -1.05. The number of pyridine rings is 1. The number of ether oxygens (including phenoxy) is 1. The first-order valence-electron chi connectivity index (χ1n) is 8.54. The molecule has 0 saturated carbocycles. The minimum absolute atomic E-state index is 0.0600. The number of hydrogen-bond donors (Lipinski definition) is 7. The third kappa shape index (κ3) is 6.54. The molecule has 0 amide bonds. The molecule has 7 N–H and O–H groups in total. The second-order valence-corrected chi connectivity index (χ2v) is 11.4. The Balaban J connectivity index is 1.75. The molecule has 3 rings (SSSR count). The topological polar surface area (TPSA) is 251 Å². The van der Waals surface area contributed by atoms with Crippen molar-refractivity contribution in [2.75, 3.05) is 6.61 Å². The van der Waals surface area contributed by atoms with Gasteiger partial charge in [0, 0.05) is 5.56 Å². The van der Waals surface area contributed by atoms with Gasteiger partial charge in [-0.3, -0.25) is 4.52 Å². The highest BCUT2D eigenvalue weighted by atomic mass is 32.1. The van der Waals surface area contributed by atoms with Gasteiger partial charge >= 0.3 is 23.5 Å². The molecule has 0 spiro atoms. The van der Waals surface area contributed by atoms with Gasteiger partial charge in [-0.25, -0.2) is 18.7 Å². The van der Waals surface area contributed by atoms with Crippen LogP contribution in [-0.4, -0.2) is 69.7 Å². The number of aliphatic hydroxyl groups excluding tert-OH is 2. The van der Waals surface area contributed by atoms with Crippen LogP contribution in [0, 0.1) is 16.5 Å². The molecule has 3 heterocycles. The summed E-state index contributed by atoms with van der Waals surface area (Å²) < 4.78 is 77.1. The van der Waals surface area contributed by atoms with Crippen molar-refractivity contribution in [1.29, 1.82) is 0 Å². The largest absolute Gasteiger partial charge is 0.490 e. The molecule has 1 aliphatic heterocycles. The van der Waals surface area contributed by atoms with Gasteiger partial charge in [-0.1, -0.05) is 12.2 Å². The van der Waals surface area contributed by atoms with Crippen molar-refractivity contribution in [3.8, 4) is 0 Å². The summed E-state index contributed by atoms with van der Waals surface area (Å²) >= 11 is 5.06. The molecule has 1 fully saturated rings. The number of aromatic nitrogens is 3. The minimum atomic E-state index is -5.76. The standard InChI is InChI=1S/C12H14F2N3O13P3S/c13-9-10(14)16-11-4(15-9)1-3(12(34)17-11)8-7(19)6(18)5(28-8)2-27-32(23,24)30-33(25,26)29-31(20,21)22/h1,5-8,18-19H,2H2,(H,23,24)(H,25,26)(H,16,17,34)(H2,20,21,22)/t5-,6?,7+,8+/m1/s1. The highest BCUT2D eigenvalue weighted by molar-refractivity contribution is 7.71. The van der Waals surface area contributed by atoms with Gasteiger partial charge in [0.25, 0.3) is 11.9 Å². The lowest BCUT2D eigenvalue weighted by molar-refractivity contribution is -0.0224. The lowest BCUT2D eigenvalue weighted by atomic mass is 10.0. The number of hydrogen-bond acceptors (Lipinski definition) is 12. The van der Waals surface area contributed by atoms with Crippen molar-refractivity contribution in [3.63, 3.8) is 0 Å². The number of aliphatic hydroxyl groups is 2. The monoisotopic (exact) mass is 571 g/mol. The van der Waals surface area contributed by atoms with Crippen molar-refractivity contribution in [3.05, 3.63) is 28.2 Å². The van der Waals surface area contributed by atoms with E-state index in [0.29, 0.717) is 0 Å². The number of nitrogens with one attached hydrogen (secondary N) is 1. The number of rotatable bonds is 8. The number of phosphoric ester groups is 1. The molecule has 190 valence electrons. The maximum absolute atomic E-state index is 13.4. The van der Waals surface area contributed by atoms with Gasteiger partial charge in [0.05, 0.1) is 6.61 Å². The van der Waals surface area contributed by atoms with Crippen LogP contribution in [0.2, 0.25) is 0 Å². The van der Waals surface area contributed by atoms with Crippen LogP contribution < -0.4 is 0 Å². The lowest BCUT2D eigenvalue weighted by Gasteiger charge is -2.19. The van der Waals surface area contributed by atoms with Crippen LogP contribution in [0.1, 0.15) is 11.7 Å². The maximum Gasteiger partial charge on any atom is 0.490 e. The van der Waals surface area contributed by atoms with Gasteiger partial charge in [-0.05, 0) is 6.07 Å².